The third-order valence-electron chi connectivity index (χ3n) is 2.30. The lowest BCUT2D eigenvalue weighted by Gasteiger charge is -2.10. The summed E-state index contributed by atoms with van der Waals surface area (Å²) < 4.78 is 6.39. The molecule has 0 fully saturated rings. The first-order valence-electron chi connectivity index (χ1n) is 5.37. The van der Waals surface area contributed by atoms with Crippen molar-refractivity contribution in [2.75, 3.05) is 0 Å². The minimum Gasteiger partial charge on any atom is -0.485 e. The van der Waals surface area contributed by atoms with Crippen LogP contribution in [-0.2, 0) is 6.61 Å². The van der Waals surface area contributed by atoms with Crippen LogP contribution in [0.1, 0.15) is 11.4 Å². The molecule has 0 aliphatic rings. The van der Waals surface area contributed by atoms with E-state index in [4.69, 9.17) is 15.7 Å². The van der Waals surface area contributed by atoms with Crippen molar-refractivity contribution in [3.05, 3.63) is 52.5 Å². The highest BCUT2D eigenvalue weighted by molar-refractivity contribution is 9.10. The fourth-order valence-corrected chi connectivity index (χ4v) is 1.79. The maximum atomic E-state index is 8.76. The van der Waals surface area contributed by atoms with Gasteiger partial charge in [-0.25, -0.2) is 9.97 Å². The first-order chi connectivity index (χ1) is 9.20. The molecule has 1 heterocycles. The Bertz CT molecular complexity index is 590. The van der Waals surface area contributed by atoms with Crippen molar-refractivity contribution in [2.45, 2.75) is 6.61 Å². The Kier molecular flexibility index (Phi) is 4.30. The topological polar surface area (TPSA) is 93.6 Å². The Labute approximate surface area is 118 Å². The van der Waals surface area contributed by atoms with Crippen molar-refractivity contribution in [2.24, 2.45) is 10.9 Å². The van der Waals surface area contributed by atoms with E-state index in [1.807, 2.05) is 0 Å². The smallest absolute Gasteiger partial charge is 0.173 e. The predicted molar refractivity (Wildman–Crippen MR) is 73.0 cm³/mol. The summed E-state index contributed by atoms with van der Waals surface area (Å²) in [6.07, 6.45) is 3.27. The van der Waals surface area contributed by atoms with E-state index in [2.05, 4.69) is 31.1 Å². The highest BCUT2D eigenvalue weighted by Crippen LogP contribution is 2.23. The normalized spacial score (nSPS) is 11.3. The number of halogens is 1. The second-order valence-corrected chi connectivity index (χ2v) is 4.50. The van der Waals surface area contributed by atoms with Gasteiger partial charge in [0.1, 0.15) is 12.4 Å². The third-order valence-corrected chi connectivity index (χ3v) is 2.79. The summed E-state index contributed by atoms with van der Waals surface area (Å²) in [6, 6.07) is 6.96. The zero-order chi connectivity index (χ0) is 13.7. The van der Waals surface area contributed by atoms with Gasteiger partial charge in [-0.15, -0.1) is 0 Å². The molecular formula is C12H11BrN4O2. The SMILES string of the molecule is N/C(=N/O)c1cc(Br)ccc1OCc1ncccn1. The molecule has 98 valence electrons. The fourth-order valence-electron chi connectivity index (χ4n) is 1.43. The highest BCUT2D eigenvalue weighted by atomic mass is 79.9. The molecule has 1 aromatic carbocycles. The summed E-state index contributed by atoms with van der Waals surface area (Å²) in [6.45, 7) is 0.203. The molecule has 0 spiro atoms. The molecule has 0 amide bonds. The van der Waals surface area contributed by atoms with Crippen LogP contribution >= 0.6 is 15.9 Å². The lowest BCUT2D eigenvalue weighted by molar-refractivity contribution is 0.293. The maximum absolute atomic E-state index is 8.76. The number of nitrogens with zero attached hydrogens (tertiary/aromatic N) is 3. The Balaban J connectivity index is 2.20. The third kappa shape index (κ3) is 3.41. The number of hydrogen-bond donors (Lipinski definition) is 2. The quantitative estimate of drug-likeness (QED) is 0.388. The van der Waals surface area contributed by atoms with Crippen molar-refractivity contribution in [3.63, 3.8) is 0 Å². The van der Waals surface area contributed by atoms with E-state index >= 15 is 0 Å². The zero-order valence-corrected chi connectivity index (χ0v) is 11.4. The van der Waals surface area contributed by atoms with Gasteiger partial charge in [0.05, 0.1) is 5.56 Å². The van der Waals surface area contributed by atoms with Gasteiger partial charge in [-0.1, -0.05) is 21.1 Å². The van der Waals surface area contributed by atoms with Crippen LogP contribution in [0.5, 0.6) is 5.75 Å². The van der Waals surface area contributed by atoms with Crippen LogP contribution in [-0.4, -0.2) is 21.0 Å². The Morgan fingerprint density at radius 1 is 1.37 bits per heavy atom. The van der Waals surface area contributed by atoms with Crippen LogP contribution in [0.4, 0.5) is 0 Å². The van der Waals surface area contributed by atoms with Gasteiger partial charge >= 0.3 is 0 Å². The van der Waals surface area contributed by atoms with E-state index in [1.54, 1.807) is 36.7 Å². The zero-order valence-electron chi connectivity index (χ0n) is 9.82. The summed E-state index contributed by atoms with van der Waals surface area (Å²) in [5.74, 6) is 1.02. The van der Waals surface area contributed by atoms with Crippen LogP contribution in [0.2, 0.25) is 0 Å². The average molecular weight is 323 g/mol. The molecule has 0 aliphatic carbocycles. The van der Waals surface area contributed by atoms with Crippen molar-refractivity contribution in [1.29, 1.82) is 0 Å². The van der Waals surface area contributed by atoms with Crippen LogP contribution in [0.15, 0.2) is 46.3 Å². The first-order valence-corrected chi connectivity index (χ1v) is 6.16. The van der Waals surface area contributed by atoms with E-state index in [-0.39, 0.29) is 12.4 Å². The molecule has 6 nitrogen and oxygen atoms in total. The van der Waals surface area contributed by atoms with Crippen LogP contribution < -0.4 is 10.5 Å². The number of hydrogen-bond acceptors (Lipinski definition) is 5. The Morgan fingerprint density at radius 3 is 2.79 bits per heavy atom. The fraction of sp³-hybridized carbons (Fsp3) is 0.0833. The Hall–Kier alpha value is -2.15. The van der Waals surface area contributed by atoms with Gasteiger partial charge in [0.25, 0.3) is 0 Å². The van der Waals surface area contributed by atoms with Crippen molar-refractivity contribution in [3.8, 4) is 5.75 Å². The summed E-state index contributed by atoms with van der Waals surface area (Å²) in [5.41, 5.74) is 6.09. The summed E-state index contributed by atoms with van der Waals surface area (Å²) in [5, 5.41) is 11.7. The summed E-state index contributed by atoms with van der Waals surface area (Å²) in [7, 11) is 0. The molecule has 7 heteroatoms. The van der Waals surface area contributed by atoms with E-state index in [0.29, 0.717) is 17.1 Å². The molecule has 0 saturated carbocycles. The summed E-state index contributed by atoms with van der Waals surface area (Å²) >= 11 is 3.32. The molecule has 19 heavy (non-hydrogen) atoms. The molecule has 2 aromatic rings. The second kappa shape index (κ2) is 6.14. The Morgan fingerprint density at radius 2 is 2.11 bits per heavy atom. The van der Waals surface area contributed by atoms with Crippen molar-refractivity contribution >= 4 is 21.8 Å². The van der Waals surface area contributed by atoms with Gasteiger partial charge in [-0.3, -0.25) is 0 Å². The molecule has 0 unspecified atom stereocenters. The number of aromatic nitrogens is 2. The lowest BCUT2D eigenvalue weighted by Crippen LogP contribution is -2.15. The van der Waals surface area contributed by atoms with Crippen LogP contribution in [0.3, 0.4) is 0 Å². The highest BCUT2D eigenvalue weighted by Gasteiger charge is 2.10. The number of amidine groups is 1. The van der Waals surface area contributed by atoms with Gasteiger partial charge in [-0.2, -0.15) is 0 Å². The predicted octanol–water partition coefficient (Wildman–Crippen LogP) is 1.91. The van der Waals surface area contributed by atoms with E-state index in [1.165, 1.54) is 0 Å². The van der Waals surface area contributed by atoms with Crippen LogP contribution in [0.25, 0.3) is 0 Å². The molecule has 0 bridgehead atoms. The van der Waals surface area contributed by atoms with Gasteiger partial charge in [0.15, 0.2) is 11.7 Å². The second-order valence-electron chi connectivity index (χ2n) is 3.58. The molecule has 1 aromatic heterocycles. The lowest BCUT2D eigenvalue weighted by atomic mass is 10.2. The van der Waals surface area contributed by atoms with Crippen molar-refractivity contribution < 1.29 is 9.94 Å². The van der Waals surface area contributed by atoms with Crippen molar-refractivity contribution in [1.82, 2.24) is 9.97 Å². The number of rotatable bonds is 4. The minimum atomic E-state index is -0.0229. The van der Waals surface area contributed by atoms with Gasteiger partial charge in [-0.05, 0) is 24.3 Å². The molecule has 0 atom stereocenters. The van der Waals surface area contributed by atoms with Gasteiger partial charge in [0.2, 0.25) is 0 Å². The maximum Gasteiger partial charge on any atom is 0.173 e. The number of ether oxygens (including phenoxy) is 1. The largest absolute Gasteiger partial charge is 0.485 e. The molecule has 0 aliphatic heterocycles. The molecule has 2 rings (SSSR count). The monoisotopic (exact) mass is 322 g/mol. The molecule has 0 radical (unpaired) electrons. The minimum absolute atomic E-state index is 0.0229. The van der Waals surface area contributed by atoms with E-state index in [9.17, 15) is 0 Å². The van der Waals surface area contributed by atoms with E-state index < -0.39 is 0 Å². The number of nitrogens with two attached hydrogens (primary N) is 1. The number of oxime groups is 1. The molecular weight excluding hydrogens is 312 g/mol. The molecule has 0 saturated heterocycles. The van der Waals surface area contributed by atoms with Crippen LogP contribution in [0, 0.1) is 0 Å². The first kappa shape index (κ1) is 13.3. The number of benzene rings is 1. The average Bonchev–Trinajstić information content (AvgIpc) is 2.46. The summed E-state index contributed by atoms with van der Waals surface area (Å²) in [4.78, 5) is 8.10. The van der Waals surface area contributed by atoms with Gasteiger partial charge < -0.3 is 15.7 Å². The van der Waals surface area contributed by atoms with Gasteiger partial charge in [0, 0.05) is 16.9 Å². The molecule has 3 N–H and O–H groups in total. The van der Waals surface area contributed by atoms with E-state index in [0.717, 1.165) is 4.47 Å². The standard InChI is InChI=1S/C12H11BrN4O2/c13-8-2-3-10(9(6-8)12(14)17-18)19-7-11-15-4-1-5-16-11/h1-6,18H,7H2,(H2,14,17).